The van der Waals surface area contributed by atoms with Crippen molar-refractivity contribution in [3.63, 3.8) is 0 Å². The van der Waals surface area contributed by atoms with Crippen LogP contribution < -0.4 is 10.9 Å². The van der Waals surface area contributed by atoms with E-state index in [1.54, 1.807) is 11.3 Å². The summed E-state index contributed by atoms with van der Waals surface area (Å²) in [5, 5.41) is 6.16. The molecule has 2 heterocycles. The van der Waals surface area contributed by atoms with Crippen LogP contribution >= 0.6 is 11.3 Å². The minimum absolute atomic E-state index is 0.102. The molecule has 0 amide bonds. The maximum Gasteiger partial charge on any atom is 0.260 e. The lowest BCUT2D eigenvalue weighted by molar-refractivity contribution is 0.683. The van der Waals surface area contributed by atoms with Gasteiger partial charge in [-0.15, -0.1) is 11.3 Å². The first-order valence-electron chi connectivity index (χ1n) is 7.70. The van der Waals surface area contributed by atoms with Gasteiger partial charge in [0.15, 0.2) is 5.13 Å². The van der Waals surface area contributed by atoms with Gasteiger partial charge in [-0.3, -0.25) is 4.79 Å². The summed E-state index contributed by atoms with van der Waals surface area (Å²) in [6.45, 7) is 5.82. The summed E-state index contributed by atoms with van der Waals surface area (Å²) in [6.07, 6.45) is 4.32. The van der Waals surface area contributed by atoms with E-state index < -0.39 is 0 Å². The standard InChI is InChI=1S/C16H21N3OS/c1-3-8-17-16-18-13(10-21-16)12-9-11-6-5-7-14(11)19(4-2)15(12)20/h9-10H,3-8H2,1-2H3,(H,17,18). The van der Waals surface area contributed by atoms with E-state index in [1.165, 1.54) is 11.3 Å². The first-order chi connectivity index (χ1) is 10.2. The highest BCUT2D eigenvalue weighted by molar-refractivity contribution is 7.14. The van der Waals surface area contributed by atoms with Gasteiger partial charge in [0.2, 0.25) is 0 Å². The Bertz CT molecular complexity index is 702. The van der Waals surface area contributed by atoms with Crippen molar-refractivity contribution < 1.29 is 0 Å². The van der Waals surface area contributed by atoms with Crippen molar-refractivity contribution in [3.8, 4) is 11.3 Å². The van der Waals surface area contributed by atoms with Crippen molar-refractivity contribution in [2.24, 2.45) is 0 Å². The van der Waals surface area contributed by atoms with Crippen LogP contribution in [0.15, 0.2) is 16.2 Å². The number of anilines is 1. The summed E-state index contributed by atoms with van der Waals surface area (Å²) >= 11 is 1.57. The molecule has 0 atom stereocenters. The van der Waals surface area contributed by atoms with Crippen molar-refractivity contribution in [2.45, 2.75) is 46.1 Å². The van der Waals surface area contributed by atoms with Crippen molar-refractivity contribution >= 4 is 16.5 Å². The Morgan fingerprint density at radius 3 is 3.00 bits per heavy atom. The molecule has 1 N–H and O–H groups in total. The minimum Gasteiger partial charge on any atom is -0.362 e. The van der Waals surface area contributed by atoms with E-state index in [-0.39, 0.29) is 5.56 Å². The maximum absolute atomic E-state index is 12.7. The average molecular weight is 303 g/mol. The van der Waals surface area contributed by atoms with Gasteiger partial charge in [-0.05, 0) is 44.2 Å². The first kappa shape index (κ1) is 14.3. The van der Waals surface area contributed by atoms with E-state index in [0.29, 0.717) is 0 Å². The Kier molecular flexibility index (Phi) is 4.10. The highest BCUT2D eigenvalue weighted by Gasteiger charge is 2.20. The van der Waals surface area contributed by atoms with E-state index >= 15 is 0 Å². The summed E-state index contributed by atoms with van der Waals surface area (Å²) < 4.78 is 1.93. The molecule has 5 heteroatoms. The molecular formula is C16H21N3OS. The lowest BCUT2D eigenvalue weighted by Gasteiger charge is -2.11. The number of thiazole rings is 1. The number of nitrogens with zero attached hydrogens (tertiary/aromatic N) is 2. The molecular weight excluding hydrogens is 282 g/mol. The molecule has 2 aromatic rings. The summed E-state index contributed by atoms with van der Waals surface area (Å²) in [5.74, 6) is 0. The van der Waals surface area contributed by atoms with Crippen LogP contribution in [0.25, 0.3) is 11.3 Å². The second kappa shape index (κ2) is 6.02. The van der Waals surface area contributed by atoms with Crippen molar-refractivity contribution in [1.82, 2.24) is 9.55 Å². The van der Waals surface area contributed by atoms with Gasteiger partial charge < -0.3 is 9.88 Å². The zero-order valence-electron chi connectivity index (χ0n) is 12.6. The third-order valence-corrected chi connectivity index (χ3v) is 4.77. The lowest BCUT2D eigenvalue weighted by atomic mass is 10.1. The van der Waals surface area contributed by atoms with Gasteiger partial charge in [0.25, 0.3) is 5.56 Å². The number of aryl methyl sites for hydroxylation is 1. The van der Waals surface area contributed by atoms with Gasteiger partial charge in [-0.25, -0.2) is 4.98 Å². The smallest absolute Gasteiger partial charge is 0.260 e. The molecule has 0 bridgehead atoms. The van der Waals surface area contributed by atoms with Crippen LogP contribution in [0.5, 0.6) is 0 Å². The quantitative estimate of drug-likeness (QED) is 0.922. The van der Waals surface area contributed by atoms with Gasteiger partial charge in [0.05, 0.1) is 11.3 Å². The number of fused-ring (bicyclic) bond motifs is 1. The number of rotatable bonds is 5. The zero-order valence-corrected chi connectivity index (χ0v) is 13.4. The van der Waals surface area contributed by atoms with Gasteiger partial charge in [0, 0.05) is 24.2 Å². The predicted molar refractivity (Wildman–Crippen MR) is 88.3 cm³/mol. The van der Waals surface area contributed by atoms with Crippen LogP contribution in [0.4, 0.5) is 5.13 Å². The summed E-state index contributed by atoms with van der Waals surface area (Å²) in [6, 6.07) is 2.06. The van der Waals surface area contributed by atoms with E-state index in [1.807, 2.05) is 16.9 Å². The molecule has 21 heavy (non-hydrogen) atoms. The molecule has 0 spiro atoms. The second-order valence-electron chi connectivity index (χ2n) is 5.40. The third kappa shape index (κ3) is 2.62. The predicted octanol–water partition coefficient (Wildman–Crippen LogP) is 3.30. The molecule has 1 aliphatic rings. The molecule has 112 valence electrons. The minimum atomic E-state index is 0.102. The first-order valence-corrected chi connectivity index (χ1v) is 8.58. The van der Waals surface area contributed by atoms with Crippen LogP contribution in [-0.4, -0.2) is 16.1 Å². The molecule has 4 nitrogen and oxygen atoms in total. The molecule has 0 saturated carbocycles. The van der Waals surface area contributed by atoms with Crippen LogP contribution in [-0.2, 0) is 19.4 Å². The summed E-state index contributed by atoms with van der Waals surface area (Å²) in [7, 11) is 0. The Morgan fingerprint density at radius 2 is 2.24 bits per heavy atom. The molecule has 0 aliphatic heterocycles. The lowest BCUT2D eigenvalue weighted by Crippen LogP contribution is -2.24. The highest BCUT2D eigenvalue weighted by atomic mass is 32.1. The zero-order chi connectivity index (χ0) is 14.8. The van der Waals surface area contributed by atoms with Crippen LogP contribution in [0.1, 0.15) is 37.9 Å². The number of pyridine rings is 1. The molecule has 2 aromatic heterocycles. The maximum atomic E-state index is 12.7. The van der Waals surface area contributed by atoms with Gasteiger partial charge in [-0.1, -0.05) is 6.92 Å². The highest BCUT2D eigenvalue weighted by Crippen LogP contribution is 2.27. The Hall–Kier alpha value is -1.62. The SMILES string of the molecule is CCCNc1nc(-c2cc3c(n(CC)c2=O)CCC3)cs1. The monoisotopic (exact) mass is 303 g/mol. The number of nitrogens with one attached hydrogen (secondary N) is 1. The summed E-state index contributed by atoms with van der Waals surface area (Å²) in [5.41, 5.74) is 4.21. The molecule has 0 unspecified atom stereocenters. The second-order valence-corrected chi connectivity index (χ2v) is 6.26. The van der Waals surface area contributed by atoms with Gasteiger partial charge in [-0.2, -0.15) is 0 Å². The summed E-state index contributed by atoms with van der Waals surface area (Å²) in [4.78, 5) is 17.3. The molecule has 0 radical (unpaired) electrons. The Balaban J connectivity index is 2.02. The van der Waals surface area contributed by atoms with E-state index in [4.69, 9.17) is 0 Å². The van der Waals surface area contributed by atoms with Crippen LogP contribution in [0, 0.1) is 0 Å². The third-order valence-electron chi connectivity index (χ3n) is 3.97. The number of aromatic nitrogens is 2. The molecule has 1 aliphatic carbocycles. The van der Waals surface area contributed by atoms with Crippen molar-refractivity contribution in [3.05, 3.63) is 33.1 Å². The van der Waals surface area contributed by atoms with E-state index in [0.717, 1.165) is 55.2 Å². The molecule has 0 fully saturated rings. The fraction of sp³-hybridized carbons (Fsp3) is 0.500. The topological polar surface area (TPSA) is 46.9 Å². The van der Waals surface area contributed by atoms with Crippen LogP contribution in [0.2, 0.25) is 0 Å². The molecule has 3 rings (SSSR count). The normalized spacial score (nSPS) is 13.4. The van der Waals surface area contributed by atoms with Gasteiger partial charge in [0.1, 0.15) is 0 Å². The van der Waals surface area contributed by atoms with Gasteiger partial charge >= 0.3 is 0 Å². The molecule has 0 saturated heterocycles. The van der Waals surface area contributed by atoms with Crippen LogP contribution in [0.3, 0.4) is 0 Å². The Morgan fingerprint density at radius 1 is 1.38 bits per heavy atom. The van der Waals surface area contributed by atoms with E-state index in [9.17, 15) is 4.79 Å². The Labute approximate surface area is 128 Å². The van der Waals surface area contributed by atoms with Crippen molar-refractivity contribution in [1.29, 1.82) is 0 Å². The number of hydrogen-bond donors (Lipinski definition) is 1. The number of hydrogen-bond acceptors (Lipinski definition) is 4. The molecule has 0 aromatic carbocycles. The average Bonchev–Trinajstić information content (AvgIpc) is 3.13. The van der Waals surface area contributed by atoms with E-state index in [2.05, 4.69) is 23.3 Å². The fourth-order valence-corrected chi connectivity index (χ4v) is 3.69. The fourth-order valence-electron chi connectivity index (χ4n) is 2.95. The largest absolute Gasteiger partial charge is 0.362 e. The van der Waals surface area contributed by atoms with Crippen molar-refractivity contribution in [2.75, 3.05) is 11.9 Å².